The minimum Gasteiger partial charge on any atom is -0.349 e. The molecule has 5 rings (SSSR count). The summed E-state index contributed by atoms with van der Waals surface area (Å²) >= 11 is 1.69. The van der Waals surface area contributed by atoms with Crippen molar-refractivity contribution in [2.45, 2.75) is 6.54 Å². The SMILES string of the molecule is Cn1nccc1C(=O)NCCNCc1cccc(-c2csc(-c3nc4ccccc4[nH]3)c2)c1. The zero-order valence-corrected chi connectivity index (χ0v) is 19.0. The molecule has 33 heavy (non-hydrogen) atoms. The van der Waals surface area contributed by atoms with Gasteiger partial charge in [0.2, 0.25) is 0 Å². The molecule has 2 aromatic carbocycles. The number of hydrogen-bond donors (Lipinski definition) is 3. The summed E-state index contributed by atoms with van der Waals surface area (Å²) in [6.07, 6.45) is 1.62. The molecule has 0 aliphatic heterocycles. The number of benzene rings is 2. The molecule has 0 saturated heterocycles. The Morgan fingerprint density at radius 2 is 1.97 bits per heavy atom. The second-order valence-electron chi connectivity index (χ2n) is 7.78. The molecular formula is C25H24N6OS. The number of aromatic amines is 1. The van der Waals surface area contributed by atoms with E-state index in [1.807, 2.05) is 24.3 Å². The van der Waals surface area contributed by atoms with Crippen molar-refractivity contribution in [3.63, 3.8) is 0 Å². The Kier molecular flexibility index (Phi) is 6.01. The van der Waals surface area contributed by atoms with Gasteiger partial charge in [-0.25, -0.2) is 4.98 Å². The van der Waals surface area contributed by atoms with E-state index >= 15 is 0 Å². The number of carbonyl (C=O) groups excluding carboxylic acids is 1. The topological polar surface area (TPSA) is 87.6 Å². The van der Waals surface area contributed by atoms with E-state index in [4.69, 9.17) is 4.98 Å². The van der Waals surface area contributed by atoms with Gasteiger partial charge in [0.05, 0.1) is 15.9 Å². The van der Waals surface area contributed by atoms with E-state index in [9.17, 15) is 4.79 Å². The average Bonchev–Trinajstić information content (AvgIpc) is 3.58. The molecule has 3 aromatic heterocycles. The van der Waals surface area contributed by atoms with Crippen molar-refractivity contribution in [1.82, 2.24) is 30.4 Å². The summed E-state index contributed by atoms with van der Waals surface area (Å²) in [4.78, 5) is 21.3. The van der Waals surface area contributed by atoms with Gasteiger partial charge in [0.1, 0.15) is 11.5 Å². The number of H-pyrrole nitrogens is 1. The van der Waals surface area contributed by atoms with Crippen molar-refractivity contribution in [3.8, 4) is 21.8 Å². The minimum atomic E-state index is -0.114. The van der Waals surface area contributed by atoms with Crippen LogP contribution in [0, 0.1) is 0 Å². The van der Waals surface area contributed by atoms with Crippen molar-refractivity contribution in [1.29, 1.82) is 0 Å². The van der Waals surface area contributed by atoms with Crippen LogP contribution in [0.3, 0.4) is 0 Å². The van der Waals surface area contributed by atoms with Gasteiger partial charge < -0.3 is 15.6 Å². The number of aryl methyl sites for hydroxylation is 1. The number of hydrogen-bond acceptors (Lipinski definition) is 5. The van der Waals surface area contributed by atoms with Gasteiger partial charge in [-0.05, 0) is 52.4 Å². The van der Waals surface area contributed by atoms with E-state index in [2.05, 4.69) is 56.4 Å². The molecule has 0 aliphatic rings. The van der Waals surface area contributed by atoms with Crippen molar-refractivity contribution >= 4 is 28.3 Å². The second kappa shape index (κ2) is 9.40. The van der Waals surface area contributed by atoms with Crippen LogP contribution in [0.1, 0.15) is 16.1 Å². The molecule has 0 saturated carbocycles. The molecule has 7 nitrogen and oxygen atoms in total. The molecule has 0 atom stereocenters. The van der Waals surface area contributed by atoms with Gasteiger partial charge in [-0.15, -0.1) is 11.3 Å². The first kappa shape index (κ1) is 21.1. The average molecular weight is 457 g/mol. The number of amides is 1. The summed E-state index contributed by atoms with van der Waals surface area (Å²) in [7, 11) is 1.76. The third kappa shape index (κ3) is 4.72. The highest BCUT2D eigenvalue weighted by atomic mass is 32.1. The standard InChI is InChI=1S/C25H24N6OS/c1-31-22(9-10-28-31)25(32)27-12-11-26-15-17-5-4-6-18(13-17)19-14-23(33-16-19)24-29-20-7-2-3-8-21(20)30-24/h2-10,13-14,16,26H,11-12,15H2,1H3,(H,27,32)(H,29,30). The summed E-state index contributed by atoms with van der Waals surface area (Å²) in [5, 5.41) is 12.5. The number of carbonyl (C=O) groups is 1. The largest absolute Gasteiger partial charge is 0.349 e. The minimum absolute atomic E-state index is 0.114. The van der Waals surface area contributed by atoms with Crippen LogP contribution >= 0.6 is 11.3 Å². The lowest BCUT2D eigenvalue weighted by molar-refractivity contribution is 0.0944. The fraction of sp³-hybridized carbons (Fsp3) is 0.160. The molecule has 3 heterocycles. The van der Waals surface area contributed by atoms with Gasteiger partial charge >= 0.3 is 0 Å². The Hall–Kier alpha value is -3.75. The fourth-order valence-corrected chi connectivity index (χ4v) is 4.59. The number of nitrogens with zero attached hydrogens (tertiary/aromatic N) is 3. The van der Waals surface area contributed by atoms with Gasteiger partial charge in [0, 0.05) is 32.9 Å². The van der Waals surface area contributed by atoms with Crippen LogP contribution in [0.15, 0.2) is 72.2 Å². The van der Waals surface area contributed by atoms with Crippen LogP contribution < -0.4 is 10.6 Å². The van der Waals surface area contributed by atoms with Gasteiger partial charge in [0.15, 0.2) is 0 Å². The van der Waals surface area contributed by atoms with Crippen LogP contribution in [0.5, 0.6) is 0 Å². The lowest BCUT2D eigenvalue weighted by atomic mass is 10.1. The predicted molar refractivity (Wildman–Crippen MR) is 132 cm³/mol. The fourth-order valence-electron chi connectivity index (χ4n) is 3.73. The van der Waals surface area contributed by atoms with E-state index in [1.54, 1.807) is 35.3 Å². The van der Waals surface area contributed by atoms with Gasteiger partial charge in [-0.1, -0.05) is 30.3 Å². The highest BCUT2D eigenvalue weighted by Crippen LogP contribution is 2.32. The molecule has 0 radical (unpaired) electrons. The van der Waals surface area contributed by atoms with Crippen LogP contribution in [0.4, 0.5) is 0 Å². The highest BCUT2D eigenvalue weighted by molar-refractivity contribution is 7.13. The molecule has 0 fully saturated rings. The third-order valence-electron chi connectivity index (χ3n) is 5.45. The summed E-state index contributed by atoms with van der Waals surface area (Å²) in [5.74, 6) is 0.787. The van der Waals surface area contributed by atoms with E-state index in [0.29, 0.717) is 18.8 Å². The number of rotatable bonds is 8. The molecule has 8 heteroatoms. The molecule has 1 amide bonds. The molecule has 0 bridgehead atoms. The Labute approximate surface area is 195 Å². The predicted octanol–water partition coefficient (Wildman–Crippen LogP) is 4.21. The third-order valence-corrected chi connectivity index (χ3v) is 6.39. The monoisotopic (exact) mass is 456 g/mol. The van der Waals surface area contributed by atoms with Gasteiger partial charge in [-0.3, -0.25) is 9.48 Å². The molecule has 5 aromatic rings. The number of para-hydroxylation sites is 2. The van der Waals surface area contributed by atoms with E-state index in [-0.39, 0.29) is 5.91 Å². The lowest BCUT2D eigenvalue weighted by Gasteiger charge is -2.08. The number of imidazole rings is 1. The maximum atomic E-state index is 12.1. The van der Waals surface area contributed by atoms with Crippen LogP contribution in [-0.2, 0) is 13.6 Å². The molecule has 3 N–H and O–H groups in total. The number of aromatic nitrogens is 4. The Morgan fingerprint density at radius 1 is 1.06 bits per heavy atom. The smallest absolute Gasteiger partial charge is 0.269 e. The zero-order chi connectivity index (χ0) is 22.6. The molecule has 0 unspecified atom stereocenters. The quantitative estimate of drug-likeness (QED) is 0.305. The van der Waals surface area contributed by atoms with Crippen molar-refractivity contribution in [2.75, 3.05) is 13.1 Å². The summed E-state index contributed by atoms with van der Waals surface area (Å²) < 4.78 is 1.57. The van der Waals surface area contributed by atoms with E-state index in [1.165, 1.54) is 16.7 Å². The number of nitrogens with one attached hydrogen (secondary N) is 3. The van der Waals surface area contributed by atoms with E-state index < -0.39 is 0 Å². The molecule has 0 aliphatic carbocycles. The second-order valence-corrected chi connectivity index (χ2v) is 8.69. The zero-order valence-electron chi connectivity index (χ0n) is 18.2. The maximum Gasteiger partial charge on any atom is 0.269 e. The first-order chi connectivity index (χ1) is 16.2. The Morgan fingerprint density at radius 3 is 2.82 bits per heavy atom. The lowest BCUT2D eigenvalue weighted by Crippen LogP contribution is -2.32. The Bertz CT molecular complexity index is 1370. The first-order valence-corrected chi connectivity index (χ1v) is 11.7. The summed E-state index contributed by atoms with van der Waals surface area (Å²) in [6, 6.07) is 20.5. The van der Waals surface area contributed by atoms with Crippen molar-refractivity contribution in [3.05, 3.63) is 83.5 Å². The molecular weight excluding hydrogens is 432 g/mol. The van der Waals surface area contributed by atoms with Crippen LogP contribution in [-0.4, -0.2) is 38.7 Å². The number of fused-ring (bicyclic) bond motifs is 1. The Balaban J connectivity index is 1.17. The summed E-state index contributed by atoms with van der Waals surface area (Å²) in [5.41, 5.74) is 6.14. The van der Waals surface area contributed by atoms with Crippen LogP contribution in [0.25, 0.3) is 32.9 Å². The van der Waals surface area contributed by atoms with Crippen molar-refractivity contribution in [2.24, 2.45) is 7.05 Å². The molecule has 0 spiro atoms. The van der Waals surface area contributed by atoms with Crippen LogP contribution in [0.2, 0.25) is 0 Å². The maximum absolute atomic E-state index is 12.1. The van der Waals surface area contributed by atoms with Crippen molar-refractivity contribution < 1.29 is 4.79 Å². The molecule has 166 valence electrons. The first-order valence-electron chi connectivity index (χ1n) is 10.8. The highest BCUT2D eigenvalue weighted by Gasteiger charge is 2.10. The number of thiophene rings is 1. The summed E-state index contributed by atoms with van der Waals surface area (Å²) in [6.45, 7) is 1.97. The normalized spacial score (nSPS) is 11.2. The van der Waals surface area contributed by atoms with Gasteiger partial charge in [0.25, 0.3) is 5.91 Å². The van der Waals surface area contributed by atoms with Gasteiger partial charge in [-0.2, -0.15) is 5.10 Å². The van der Waals surface area contributed by atoms with E-state index in [0.717, 1.165) is 28.3 Å².